The Kier molecular flexibility index (Phi) is 9.62. The molecule has 0 spiro atoms. The number of ether oxygens (including phenoxy) is 2. The van der Waals surface area contributed by atoms with Crippen LogP contribution in [0.25, 0.3) is 0 Å². The SMILES string of the molecule is C[Si](C)(CCCC[Si](C)(C)O[Si](C)(C)CCC1CCC2OC2C1)O[Si](C)(C)CCC1CCC2OC2C1. The van der Waals surface area contributed by atoms with Crippen molar-refractivity contribution in [3.8, 4) is 0 Å². The van der Waals surface area contributed by atoms with Gasteiger partial charge < -0.3 is 17.7 Å². The van der Waals surface area contributed by atoms with Gasteiger partial charge in [0.2, 0.25) is 0 Å². The fourth-order valence-corrected chi connectivity index (χ4v) is 25.4. The van der Waals surface area contributed by atoms with Crippen LogP contribution in [-0.2, 0) is 17.7 Å². The van der Waals surface area contributed by atoms with Crippen molar-refractivity contribution in [2.24, 2.45) is 11.8 Å². The summed E-state index contributed by atoms with van der Waals surface area (Å²) in [5.74, 6) is 1.77. The number of unbranched alkanes of at least 4 members (excludes halogenated alkanes) is 1. The molecule has 4 nitrogen and oxygen atoms in total. The van der Waals surface area contributed by atoms with Crippen LogP contribution >= 0.6 is 0 Å². The highest BCUT2D eigenvalue weighted by Crippen LogP contribution is 2.43. The number of epoxide rings is 2. The van der Waals surface area contributed by atoms with Crippen molar-refractivity contribution in [2.45, 2.75) is 165 Å². The maximum atomic E-state index is 6.99. The molecule has 2 aliphatic carbocycles. The zero-order valence-corrected chi connectivity index (χ0v) is 29.0. The molecular formula is C28H58O4Si4. The maximum Gasteiger partial charge on any atom is 0.173 e. The lowest BCUT2D eigenvalue weighted by molar-refractivity contribution is 0.354. The monoisotopic (exact) mass is 570 g/mol. The molecule has 210 valence electrons. The van der Waals surface area contributed by atoms with Crippen LogP contribution in [0, 0.1) is 11.8 Å². The molecule has 0 bridgehead atoms. The Morgan fingerprint density at radius 2 is 0.861 bits per heavy atom. The first kappa shape index (κ1) is 29.7. The molecule has 0 radical (unpaired) electrons. The van der Waals surface area contributed by atoms with Crippen LogP contribution < -0.4 is 0 Å². The quantitative estimate of drug-likeness (QED) is 0.112. The van der Waals surface area contributed by atoms with E-state index in [2.05, 4.69) is 52.4 Å². The van der Waals surface area contributed by atoms with Crippen molar-refractivity contribution in [1.29, 1.82) is 0 Å². The fraction of sp³-hybridized carbons (Fsp3) is 1.00. The summed E-state index contributed by atoms with van der Waals surface area (Å²) in [5, 5.41) is 0. The van der Waals surface area contributed by atoms with Gasteiger partial charge in [0.25, 0.3) is 0 Å². The predicted molar refractivity (Wildman–Crippen MR) is 162 cm³/mol. The Hall–Kier alpha value is 0.708. The number of hydrogen-bond acceptors (Lipinski definition) is 4. The molecule has 4 rings (SSSR count). The smallest absolute Gasteiger partial charge is 0.173 e. The van der Waals surface area contributed by atoms with Crippen molar-refractivity contribution in [2.75, 3.05) is 0 Å². The first-order valence-electron chi connectivity index (χ1n) is 15.4. The molecule has 2 saturated heterocycles. The second-order valence-corrected chi connectivity index (χ2v) is 33.0. The summed E-state index contributed by atoms with van der Waals surface area (Å²) in [6.07, 6.45) is 15.8. The molecule has 6 unspecified atom stereocenters. The van der Waals surface area contributed by atoms with Gasteiger partial charge in [-0.3, -0.25) is 0 Å². The molecule has 4 aliphatic rings. The zero-order valence-electron chi connectivity index (χ0n) is 25.0. The lowest BCUT2D eigenvalue weighted by Crippen LogP contribution is -2.45. The minimum Gasteiger partial charge on any atom is -0.455 e. The Morgan fingerprint density at radius 1 is 0.500 bits per heavy atom. The maximum absolute atomic E-state index is 6.99. The highest BCUT2D eigenvalue weighted by atomic mass is 28.4. The Balaban J connectivity index is 1.10. The average molecular weight is 571 g/mol. The van der Waals surface area contributed by atoms with E-state index < -0.39 is 33.3 Å². The largest absolute Gasteiger partial charge is 0.455 e. The fourth-order valence-electron chi connectivity index (χ4n) is 7.40. The third kappa shape index (κ3) is 9.72. The van der Waals surface area contributed by atoms with E-state index in [1.54, 1.807) is 0 Å². The average Bonchev–Trinajstić information content (AvgIpc) is 3.66. The molecule has 8 heteroatoms. The number of rotatable bonds is 15. The minimum atomic E-state index is -1.60. The summed E-state index contributed by atoms with van der Waals surface area (Å²) in [4.78, 5) is 0. The van der Waals surface area contributed by atoms with E-state index in [4.69, 9.17) is 17.7 Å². The summed E-state index contributed by atoms with van der Waals surface area (Å²) in [5.41, 5.74) is 0. The van der Waals surface area contributed by atoms with Crippen LogP contribution in [0.5, 0.6) is 0 Å². The van der Waals surface area contributed by atoms with Crippen molar-refractivity contribution < 1.29 is 17.7 Å². The van der Waals surface area contributed by atoms with Crippen LogP contribution in [0.2, 0.25) is 76.6 Å². The second kappa shape index (κ2) is 11.7. The van der Waals surface area contributed by atoms with Crippen molar-refractivity contribution in [1.82, 2.24) is 0 Å². The van der Waals surface area contributed by atoms with Gasteiger partial charge in [-0.1, -0.05) is 25.7 Å². The standard InChI is InChI=1S/C28H58O4Si4/c1-33(2,31-35(5,6)19-15-23-11-13-25-27(21-23)29-25)17-9-10-18-34(3,4)32-36(7,8)20-16-24-12-14-26-28(22-24)30-26/h23-28H,9-22H2,1-8H3. The summed E-state index contributed by atoms with van der Waals surface area (Å²) < 4.78 is 25.5. The van der Waals surface area contributed by atoms with Gasteiger partial charge >= 0.3 is 0 Å². The molecule has 0 N–H and O–H groups in total. The molecule has 0 aromatic rings. The third-order valence-electron chi connectivity index (χ3n) is 9.45. The van der Waals surface area contributed by atoms with E-state index in [1.807, 2.05) is 0 Å². The predicted octanol–water partition coefficient (Wildman–Crippen LogP) is 8.54. The molecule has 2 aliphatic heterocycles. The van der Waals surface area contributed by atoms with E-state index >= 15 is 0 Å². The molecular weight excluding hydrogens is 513 g/mol. The summed E-state index contributed by atoms with van der Waals surface area (Å²) in [6, 6.07) is 5.27. The lowest BCUT2D eigenvalue weighted by atomic mass is 9.88. The molecule has 4 fully saturated rings. The van der Waals surface area contributed by atoms with Gasteiger partial charge in [-0.15, -0.1) is 0 Å². The zero-order chi connectivity index (χ0) is 26.2. The molecule has 0 aromatic carbocycles. The Labute approximate surface area is 227 Å². The van der Waals surface area contributed by atoms with Gasteiger partial charge in [-0.25, -0.2) is 0 Å². The first-order chi connectivity index (χ1) is 16.7. The highest BCUT2D eigenvalue weighted by Gasteiger charge is 2.45. The number of hydrogen-bond donors (Lipinski definition) is 0. The summed E-state index contributed by atoms with van der Waals surface area (Å²) in [6.45, 7) is 19.8. The molecule has 6 atom stereocenters. The van der Waals surface area contributed by atoms with Crippen molar-refractivity contribution >= 4 is 33.3 Å². The van der Waals surface area contributed by atoms with Crippen LogP contribution in [-0.4, -0.2) is 57.7 Å². The van der Waals surface area contributed by atoms with Crippen molar-refractivity contribution in [3.63, 3.8) is 0 Å². The molecule has 2 saturated carbocycles. The van der Waals surface area contributed by atoms with Crippen LogP contribution in [0.1, 0.15) is 64.2 Å². The molecule has 0 aromatic heterocycles. The van der Waals surface area contributed by atoms with Gasteiger partial charge in [0.1, 0.15) is 0 Å². The minimum absolute atomic E-state index is 0.614. The van der Waals surface area contributed by atoms with E-state index in [0.29, 0.717) is 24.4 Å². The van der Waals surface area contributed by atoms with Gasteiger partial charge in [0.15, 0.2) is 33.3 Å². The van der Waals surface area contributed by atoms with Crippen LogP contribution in [0.15, 0.2) is 0 Å². The topological polar surface area (TPSA) is 43.5 Å². The highest BCUT2D eigenvalue weighted by molar-refractivity contribution is 6.85. The number of fused-ring (bicyclic) bond motifs is 2. The molecule has 36 heavy (non-hydrogen) atoms. The molecule has 0 amide bonds. The van der Waals surface area contributed by atoms with Crippen LogP contribution in [0.3, 0.4) is 0 Å². The van der Waals surface area contributed by atoms with Gasteiger partial charge in [0, 0.05) is 0 Å². The van der Waals surface area contributed by atoms with Gasteiger partial charge in [-0.2, -0.15) is 0 Å². The van der Waals surface area contributed by atoms with E-state index in [-0.39, 0.29) is 0 Å². The van der Waals surface area contributed by atoms with Crippen LogP contribution in [0.4, 0.5) is 0 Å². The van der Waals surface area contributed by atoms with E-state index in [1.165, 1.54) is 88.4 Å². The summed E-state index contributed by atoms with van der Waals surface area (Å²) >= 11 is 0. The van der Waals surface area contributed by atoms with Gasteiger partial charge in [-0.05, 0) is 127 Å². The second-order valence-electron chi connectivity index (χ2n) is 15.3. The van der Waals surface area contributed by atoms with Gasteiger partial charge in [0.05, 0.1) is 24.4 Å². The van der Waals surface area contributed by atoms with Crippen molar-refractivity contribution in [3.05, 3.63) is 0 Å². The Bertz CT molecular complexity index is 668. The third-order valence-corrected chi connectivity index (χ3v) is 24.4. The normalized spacial score (nSPS) is 32.7. The Morgan fingerprint density at radius 3 is 1.22 bits per heavy atom. The van der Waals surface area contributed by atoms with E-state index in [9.17, 15) is 0 Å². The summed E-state index contributed by atoms with van der Waals surface area (Å²) in [7, 11) is -6.36. The lowest BCUT2D eigenvalue weighted by Gasteiger charge is -2.36. The van der Waals surface area contributed by atoms with E-state index in [0.717, 1.165) is 11.8 Å². The first-order valence-corrected chi connectivity index (χ1v) is 27.9. The molecule has 2 heterocycles.